The van der Waals surface area contributed by atoms with E-state index in [1.807, 2.05) is 0 Å². The van der Waals surface area contributed by atoms with E-state index in [9.17, 15) is 9.59 Å². The normalized spacial score (nSPS) is 10.6. The minimum absolute atomic E-state index is 0.00655. The molecular weight excluding hydrogens is 340 g/mol. The lowest BCUT2D eigenvalue weighted by atomic mass is 10.1. The first-order valence-corrected chi connectivity index (χ1v) is 9.64. The van der Waals surface area contributed by atoms with Gasteiger partial charge >= 0.3 is 11.9 Å². The molecule has 0 spiro atoms. The highest BCUT2D eigenvalue weighted by Crippen LogP contribution is 2.21. The standard InChI is InChI=1S/C20H29ClO4/c1-2-3-4-5-6-7-8-9-10-11-15-25-20(24)16-13-12-14-17(21)18(16)19(22)23/h12-14H,2-11,15H2,1H3,(H,22,23). The van der Waals surface area contributed by atoms with Crippen LogP contribution in [0, 0.1) is 0 Å². The van der Waals surface area contributed by atoms with Crippen LogP contribution in [0.4, 0.5) is 0 Å². The van der Waals surface area contributed by atoms with Crippen molar-refractivity contribution in [1.82, 2.24) is 0 Å². The Morgan fingerprint density at radius 3 is 2.08 bits per heavy atom. The number of ether oxygens (including phenoxy) is 1. The molecule has 0 saturated heterocycles. The first-order chi connectivity index (χ1) is 12.1. The minimum atomic E-state index is -1.23. The lowest BCUT2D eigenvalue weighted by Crippen LogP contribution is -2.13. The number of halogens is 1. The summed E-state index contributed by atoms with van der Waals surface area (Å²) in [5.41, 5.74) is -0.190. The molecule has 0 aliphatic rings. The molecule has 0 unspecified atom stereocenters. The number of carbonyl (C=O) groups is 2. The summed E-state index contributed by atoms with van der Waals surface area (Å²) in [4.78, 5) is 23.3. The third-order valence-electron chi connectivity index (χ3n) is 4.18. The molecule has 1 N–H and O–H groups in total. The van der Waals surface area contributed by atoms with Gasteiger partial charge in [-0.05, 0) is 18.6 Å². The molecule has 0 bridgehead atoms. The summed E-state index contributed by atoms with van der Waals surface area (Å²) in [6.45, 7) is 2.53. The summed E-state index contributed by atoms with van der Waals surface area (Å²) in [6, 6.07) is 4.42. The van der Waals surface area contributed by atoms with E-state index in [1.54, 1.807) is 6.07 Å². The molecule has 1 aromatic rings. The molecule has 0 aliphatic heterocycles. The number of unbranched alkanes of at least 4 members (excludes halogenated alkanes) is 9. The number of carbonyl (C=O) groups excluding carboxylic acids is 1. The molecule has 1 aromatic carbocycles. The molecule has 0 fully saturated rings. The number of benzene rings is 1. The van der Waals surface area contributed by atoms with Crippen molar-refractivity contribution in [3.8, 4) is 0 Å². The molecule has 0 aromatic heterocycles. The summed E-state index contributed by atoms with van der Waals surface area (Å²) in [5, 5.41) is 9.21. The van der Waals surface area contributed by atoms with Crippen LogP contribution in [-0.2, 0) is 4.74 Å². The number of hydrogen-bond donors (Lipinski definition) is 1. The maximum Gasteiger partial charge on any atom is 0.339 e. The first kappa shape index (κ1) is 21.5. The lowest BCUT2D eigenvalue weighted by Gasteiger charge is -2.08. The largest absolute Gasteiger partial charge is 0.478 e. The molecule has 0 radical (unpaired) electrons. The zero-order valence-electron chi connectivity index (χ0n) is 15.1. The van der Waals surface area contributed by atoms with Crippen molar-refractivity contribution in [3.05, 3.63) is 34.3 Å². The summed E-state index contributed by atoms with van der Waals surface area (Å²) in [7, 11) is 0. The average Bonchev–Trinajstić information content (AvgIpc) is 2.58. The molecular formula is C20H29ClO4. The van der Waals surface area contributed by atoms with E-state index in [1.165, 1.54) is 57.1 Å². The van der Waals surface area contributed by atoms with Gasteiger partial charge < -0.3 is 9.84 Å². The van der Waals surface area contributed by atoms with Crippen molar-refractivity contribution in [2.75, 3.05) is 6.61 Å². The van der Waals surface area contributed by atoms with Crippen LogP contribution in [-0.4, -0.2) is 23.7 Å². The van der Waals surface area contributed by atoms with Crippen molar-refractivity contribution < 1.29 is 19.4 Å². The SMILES string of the molecule is CCCCCCCCCCCCOC(=O)c1cccc(Cl)c1C(=O)O. The van der Waals surface area contributed by atoms with Crippen molar-refractivity contribution in [2.45, 2.75) is 71.1 Å². The topological polar surface area (TPSA) is 63.6 Å². The Morgan fingerprint density at radius 2 is 1.52 bits per heavy atom. The van der Waals surface area contributed by atoms with Crippen LogP contribution in [0.5, 0.6) is 0 Å². The van der Waals surface area contributed by atoms with Gasteiger partial charge in [-0.3, -0.25) is 0 Å². The van der Waals surface area contributed by atoms with Gasteiger partial charge in [0.25, 0.3) is 0 Å². The Labute approximate surface area is 155 Å². The van der Waals surface area contributed by atoms with E-state index in [4.69, 9.17) is 21.4 Å². The fraction of sp³-hybridized carbons (Fsp3) is 0.600. The Hall–Kier alpha value is -1.55. The number of aromatic carboxylic acids is 1. The quantitative estimate of drug-likeness (QED) is 0.336. The second kappa shape index (κ2) is 12.8. The number of carboxylic acids is 1. The molecule has 0 aliphatic carbocycles. The van der Waals surface area contributed by atoms with Crippen LogP contribution in [0.25, 0.3) is 0 Å². The maximum atomic E-state index is 12.0. The van der Waals surface area contributed by atoms with Gasteiger partial charge in [-0.2, -0.15) is 0 Å². The molecule has 25 heavy (non-hydrogen) atoms. The average molecular weight is 369 g/mol. The van der Waals surface area contributed by atoms with Gasteiger partial charge in [0.2, 0.25) is 0 Å². The number of hydrogen-bond acceptors (Lipinski definition) is 3. The van der Waals surface area contributed by atoms with E-state index < -0.39 is 11.9 Å². The van der Waals surface area contributed by atoms with Crippen LogP contribution < -0.4 is 0 Å². The molecule has 0 saturated carbocycles. The van der Waals surface area contributed by atoms with Gasteiger partial charge in [0.05, 0.1) is 22.8 Å². The third-order valence-corrected chi connectivity index (χ3v) is 4.49. The minimum Gasteiger partial charge on any atom is -0.478 e. The van der Waals surface area contributed by atoms with Crippen LogP contribution in [0.15, 0.2) is 18.2 Å². The molecule has 5 heteroatoms. The molecule has 140 valence electrons. The Balaban J connectivity index is 2.18. The van der Waals surface area contributed by atoms with Crippen molar-refractivity contribution in [3.63, 3.8) is 0 Å². The predicted molar refractivity (Wildman–Crippen MR) is 101 cm³/mol. The lowest BCUT2D eigenvalue weighted by molar-refractivity contribution is 0.0487. The fourth-order valence-corrected chi connectivity index (χ4v) is 3.00. The zero-order chi connectivity index (χ0) is 18.5. The van der Waals surface area contributed by atoms with Crippen LogP contribution in [0.1, 0.15) is 91.8 Å². The van der Waals surface area contributed by atoms with E-state index >= 15 is 0 Å². The van der Waals surface area contributed by atoms with Gasteiger partial charge in [-0.15, -0.1) is 0 Å². The zero-order valence-corrected chi connectivity index (χ0v) is 15.8. The second-order valence-corrected chi connectivity index (χ2v) is 6.69. The number of carboxylic acid groups (broad SMARTS) is 1. The summed E-state index contributed by atoms with van der Waals surface area (Å²) in [5.74, 6) is -1.85. The molecule has 1 rings (SSSR count). The second-order valence-electron chi connectivity index (χ2n) is 6.29. The fourth-order valence-electron chi connectivity index (χ4n) is 2.74. The molecule has 4 nitrogen and oxygen atoms in total. The molecule has 0 amide bonds. The number of esters is 1. The van der Waals surface area contributed by atoms with Crippen molar-refractivity contribution in [1.29, 1.82) is 0 Å². The van der Waals surface area contributed by atoms with Crippen molar-refractivity contribution in [2.24, 2.45) is 0 Å². The van der Waals surface area contributed by atoms with Gasteiger partial charge in [-0.25, -0.2) is 9.59 Å². The Morgan fingerprint density at radius 1 is 0.960 bits per heavy atom. The highest BCUT2D eigenvalue weighted by Gasteiger charge is 2.20. The Bertz CT molecular complexity index is 542. The maximum absolute atomic E-state index is 12.0. The van der Waals surface area contributed by atoms with Crippen molar-refractivity contribution >= 4 is 23.5 Å². The molecule has 0 heterocycles. The van der Waals surface area contributed by atoms with Crippen LogP contribution >= 0.6 is 11.6 Å². The van der Waals surface area contributed by atoms with Gasteiger partial charge in [0, 0.05) is 0 Å². The van der Waals surface area contributed by atoms with Gasteiger partial charge in [-0.1, -0.05) is 82.4 Å². The molecule has 0 atom stereocenters. The summed E-state index contributed by atoms with van der Waals surface area (Å²) >= 11 is 5.85. The summed E-state index contributed by atoms with van der Waals surface area (Å²) in [6.07, 6.45) is 12.0. The van der Waals surface area contributed by atoms with E-state index in [0.717, 1.165) is 19.3 Å². The van der Waals surface area contributed by atoms with Crippen LogP contribution in [0.2, 0.25) is 5.02 Å². The number of rotatable bonds is 13. The third kappa shape index (κ3) is 8.39. The predicted octanol–water partition coefficient (Wildman–Crippen LogP) is 6.12. The highest BCUT2D eigenvalue weighted by molar-refractivity contribution is 6.34. The monoisotopic (exact) mass is 368 g/mol. The Kier molecular flexibility index (Phi) is 11.0. The van der Waals surface area contributed by atoms with Crippen LogP contribution in [0.3, 0.4) is 0 Å². The van der Waals surface area contributed by atoms with E-state index in [2.05, 4.69) is 6.92 Å². The van der Waals surface area contributed by atoms with E-state index in [0.29, 0.717) is 6.61 Å². The smallest absolute Gasteiger partial charge is 0.339 e. The summed E-state index contributed by atoms with van der Waals surface area (Å²) < 4.78 is 5.19. The van der Waals surface area contributed by atoms with Gasteiger partial charge in [0.15, 0.2) is 0 Å². The van der Waals surface area contributed by atoms with Gasteiger partial charge in [0.1, 0.15) is 0 Å². The first-order valence-electron chi connectivity index (χ1n) is 9.26. The highest BCUT2D eigenvalue weighted by atomic mass is 35.5. The van der Waals surface area contributed by atoms with E-state index in [-0.39, 0.29) is 16.1 Å².